The van der Waals surface area contributed by atoms with Crippen molar-refractivity contribution in [1.82, 2.24) is 0 Å². The minimum atomic E-state index is 0.297. The predicted octanol–water partition coefficient (Wildman–Crippen LogP) is 3.93. The SMILES string of the molecule is CC1CCCCC1Oc1ccc(C(N)=S)c(Cl)c1. The zero-order chi connectivity index (χ0) is 13.1. The molecule has 2 rings (SSSR count). The lowest BCUT2D eigenvalue weighted by atomic mass is 9.88. The van der Waals surface area contributed by atoms with Crippen molar-refractivity contribution in [3.63, 3.8) is 0 Å². The predicted molar refractivity (Wildman–Crippen MR) is 79.4 cm³/mol. The maximum absolute atomic E-state index is 6.13. The molecule has 98 valence electrons. The highest BCUT2D eigenvalue weighted by molar-refractivity contribution is 7.80. The largest absolute Gasteiger partial charge is 0.490 e. The van der Waals surface area contributed by atoms with Gasteiger partial charge in [0.1, 0.15) is 16.8 Å². The molecule has 0 aromatic heterocycles. The van der Waals surface area contributed by atoms with Gasteiger partial charge >= 0.3 is 0 Å². The molecular formula is C14H18ClNOS. The van der Waals surface area contributed by atoms with Crippen LogP contribution in [0.25, 0.3) is 0 Å². The molecule has 4 heteroatoms. The van der Waals surface area contributed by atoms with Crippen molar-refractivity contribution in [3.8, 4) is 5.75 Å². The van der Waals surface area contributed by atoms with Crippen LogP contribution >= 0.6 is 23.8 Å². The molecule has 1 saturated carbocycles. The van der Waals surface area contributed by atoms with Crippen molar-refractivity contribution in [1.29, 1.82) is 0 Å². The summed E-state index contributed by atoms with van der Waals surface area (Å²) in [7, 11) is 0. The minimum absolute atomic E-state index is 0.297. The molecule has 1 aliphatic carbocycles. The summed E-state index contributed by atoms with van der Waals surface area (Å²) in [6, 6.07) is 5.52. The maximum atomic E-state index is 6.13. The van der Waals surface area contributed by atoms with Gasteiger partial charge in [0.15, 0.2) is 0 Å². The Labute approximate surface area is 118 Å². The Kier molecular flexibility index (Phi) is 4.46. The van der Waals surface area contributed by atoms with Gasteiger partial charge in [-0.1, -0.05) is 37.2 Å². The van der Waals surface area contributed by atoms with Gasteiger partial charge in [-0.05, 0) is 43.4 Å². The lowest BCUT2D eigenvalue weighted by molar-refractivity contribution is 0.102. The number of thiocarbonyl (C=S) groups is 1. The standard InChI is InChI=1S/C14H18ClNOS/c1-9-4-2-3-5-13(9)17-10-6-7-11(14(16)18)12(15)8-10/h6-9,13H,2-5H2,1H3,(H2,16,18). The third-order valence-electron chi connectivity index (χ3n) is 3.53. The Bertz CT molecular complexity index is 449. The Hall–Kier alpha value is -0.800. The molecule has 0 aliphatic heterocycles. The number of hydrogen-bond donors (Lipinski definition) is 1. The van der Waals surface area contributed by atoms with E-state index in [2.05, 4.69) is 6.92 Å². The van der Waals surface area contributed by atoms with E-state index in [1.807, 2.05) is 12.1 Å². The summed E-state index contributed by atoms with van der Waals surface area (Å²) in [4.78, 5) is 0.317. The van der Waals surface area contributed by atoms with E-state index >= 15 is 0 Å². The highest BCUT2D eigenvalue weighted by atomic mass is 35.5. The van der Waals surface area contributed by atoms with Gasteiger partial charge in [0.25, 0.3) is 0 Å². The molecular weight excluding hydrogens is 266 g/mol. The van der Waals surface area contributed by atoms with E-state index in [1.165, 1.54) is 19.3 Å². The summed E-state index contributed by atoms with van der Waals surface area (Å²) < 4.78 is 6.01. The first-order valence-electron chi connectivity index (χ1n) is 6.34. The van der Waals surface area contributed by atoms with E-state index < -0.39 is 0 Å². The Morgan fingerprint density at radius 3 is 2.72 bits per heavy atom. The molecule has 2 nitrogen and oxygen atoms in total. The first-order chi connectivity index (χ1) is 8.58. The smallest absolute Gasteiger partial charge is 0.121 e. The lowest BCUT2D eigenvalue weighted by Gasteiger charge is -2.29. The number of halogens is 1. The van der Waals surface area contributed by atoms with Crippen LogP contribution in [0, 0.1) is 5.92 Å². The van der Waals surface area contributed by atoms with Gasteiger partial charge in [0.2, 0.25) is 0 Å². The molecule has 1 aliphatic rings. The van der Waals surface area contributed by atoms with Crippen molar-refractivity contribution in [2.24, 2.45) is 11.7 Å². The van der Waals surface area contributed by atoms with Gasteiger partial charge in [-0.25, -0.2) is 0 Å². The highest BCUT2D eigenvalue weighted by Crippen LogP contribution is 2.30. The molecule has 0 heterocycles. The van der Waals surface area contributed by atoms with Crippen LogP contribution in [-0.2, 0) is 0 Å². The molecule has 2 atom stereocenters. The fourth-order valence-electron chi connectivity index (χ4n) is 2.40. The van der Waals surface area contributed by atoms with Gasteiger partial charge in [0, 0.05) is 5.56 Å². The van der Waals surface area contributed by atoms with E-state index in [1.54, 1.807) is 6.07 Å². The first-order valence-corrected chi connectivity index (χ1v) is 7.12. The molecule has 0 spiro atoms. The second-order valence-corrected chi connectivity index (χ2v) is 5.77. The number of hydrogen-bond acceptors (Lipinski definition) is 2. The Morgan fingerprint density at radius 1 is 1.39 bits per heavy atom. The molecule has 2 N–H and O–H groups in total. The Balaban J connectivity index is 2.10. The van der Waals surface area contributed by atoms with Gasteiger partial charge in [-0.3, -0.25) is 0 Å². The highest BCUT2D eigenvalue weighted by Gasteiger charge is 2.23. The van der Waals surface area contributed by atoms with Crippen molar-refractivity contribution in [2.45, 2.75) is 38.7 Å². The summed E-state index contributed by atoms with van der Waals surface area (Å²) >= 11 is 11.1. The average Bonchev–Trinajstić information content (AvgIpc) is 2.32. The third kappa shape index (κ3) is 3.15. The summed E-state index contributed by atoms with van der Waals surface area (Å²) in [5, 5.41) is 0.559. The molecule has 1 fully saturated rings. The minimum Gasteiger partial charge on any atom is -0.490 e. The molecule has 1 aromatic rings. The van der Waals surface area contributed by atoms with E-state index in [0.29, 0.717) is 27.6 Å². The lowest BCUT2D eigenvalue weighted by Crippen LogP contribution is -2.28. The number of rotatable bonds is 3. The van der Waals surface area contributed by atoms with E-state index in [4.69, 9.17) is 34.3 Å². The summed E-state index contributed by atoms with van der Waals surface area (Å²) in [5.74, 6) is 1.41. The zero-order valence-electron chi connectivity index (χ0n) is 10.5. The van der Waals surface area contributed by atoms with Crippen molar-refractivity contribution < 1.29 is 4.74 Å². The summed E-state index contributed by atoms with van der Waals surface area (Å²) in [6.45, 7) is 2.24. The molecule has 18 heavy (non-hydrogen) atoms. The van der Waals surface area contributed by atoms with Gasteiger partial charge in [0.05, 0.1) is 5.02 Å². The normalized spacial score (nSPS) is 23.7. The summed E-state index contributed by atoms with van der Waals surface area (Å²) in [5.41, 5.74) is 6.28. The molecule has 1 aromatic carbocycles. The van der Waals surface area contributed by atoms with Crippen LogP contribution in [0.2, 0.25) is 5.02 Å². The third-order valence-corrected chi connectivity index (χ3v) is 4.06. The monoisotopic (exact) mass is 283 g/mol. The molecule has 0 bridgehead atoms. The van der Waals surface area contributed by atoms with Gasteiger partial charge in [-0.15, -0.1) is 0 Å². The second-order valence-electron chi connectivity index (χ2n) is 4.92. The van der Waals surface area contributed by atoms with Crippen molar-refractivity contribution in [2.75, 3.05) is 0 Å². The molecule has 0 amide bonds. The van der Waals surface area contributed by atoms with Crippen LogP contribution in [-0.4, -0.2) is 11.1 Å². The van der Waals surface area contributed by atoms with Crippen molar-refractivity contribution in [3.05, 3.63) is 28.8 Å². The summed E-state index contributed by atoms with van der Waals surface area (Å²) in [6.07, 6.45) is 5.21. The number of ether oxygens (including phenoxy) is 1. The van der Waals surface area contributed by atoms with Crippen LogP contribution in [0.1, 0.15) is 38.2 Å². The molecule has 2 unspecified atom stereocenters. The number of nitrogens with two attached hydrogens (primary N) is 1. The fraction of sp³-hybridized carbons (Fsp3) is 0.500. The van der Waals surface area contributed by atoms with Crippen molar-refractivity contribution >= 4 is 28.8 Å². The van der Waals surface area contributed by atoms with Gasteiger partial charge < -0.3 is 10.5 Å². The van der Waals surface area contributed by atoms with Crippen LogP contribution in [0.4, 0.5) is 0 Å². The van der Waals surface area contributed by atoms with Crippen LogP contribution in [0.15, 0.2) is 18.2 Å². The fourth-order valence-corrected chi connectivity index (χ4v) is 2.91. The van der Waals surface area contributed by atoms with Crippen LogP contribution in [0.3, 0.4) is 0 Å². The van der Waals surface area contributed by atoms with E-state index in [0.717, 1.165) is 12.2 Å². The van der Waals surface area contributed by atoms with E-state index in [9.17, 15) is 0 Å². The Morgan fingerprint density at radius 2 is 2.11 bits per heavy atom. The van der Waals surface area contributed by atoms with Crippen LogP contribution < -0.4 is 10.5 Å². The first kappa shape index (κ1) is 13.6. The quantitative estimate of drug-likeness (QED) is 0.854. The molecule has 0 saturated heterocycles. The zero-order valence-corrected chi connectivity index (χ0v) is 12.1. The maximum Gasteiger partial charge on any atom is 0.121 e. The van der Waals surface area contributed by atoms with Gasteiger partial charge in [-0.2, -0.15) is 0 Å². The van der Waals surface area contributed by atoms with Crippen LogP contribution in [0.5, 0.6) is 5.75 Å². The number of benzene rings is 1. The second kappa shape index (κ2) is 5.89. The average molecular weight is 284 g/mol. The van der Waals surface area contributed by atoms with E-state index in [-0.39, 0.29) is 0 Å². The molecule has 0 radical (unpaired) electrons. The topological polar surface area (TPSA) is 35.2 Å².